The molecule has 1 aliphatic heterocycles. The van der Waals surface area contributed by atoms with Gasteiger partial charge in [-0.1, -0.05) is 19.3 Å². The number of H-pyrrole nitrogens is 1. The van der Waals surface area contributed by atoms with E-state index in [1.165, 1.54) is 32.1 Å². The van der Waals surface area contributed by atoms with Gasteiger partial charge in [-0.25, -0.2) is 9.97 Å². The van der Waals surface area contributed by atoms with E-state index in [1.54, 1.807) is 6.20 Å². The molecule has 26 heavy (non-hydrogen) atoms. The number of aromatic amines is 1. The number of amides is 1. The molecule has 6 nitrogen and oxygen atoms in total. The number of hydrogen-bond donors (Lipinski definition) is 1. The van der Waals surface area contributed by atoms with Crippen LogP contribution < -0.4 is 0 Å². The van der Waals surface area contributed by atoms with Gasteiger partial charge in [-0.15, -0.1) is 0 Å². The van der Waals surface area contributed by atoms with Crippen LogP contribution in [0.1, 0.15) is 59.9 Å². The summed E-state index contributed by atoms with van der Waals surface area (Å²) < 4.78 is 0. The molecule has 1 amide bonds. The van der Waals surface area contributed by atoms with Gasteiger partial charge in [0.05, 0.1) is 0 Å². The number of aromatic nitrogens is 3. The lowest BCUT2D eigenvalue weighted by Crippen LogP contribution is -2.48. The molecular formula is C20H27N5O. The predicted octanol–water partition coefficient (Wildman–Crippen LogP) is 2.81. The first-order valence-corrected chi connectivity index (χ1v) is 9.75. The second-order valence-corrected chi connectivity index (χ2v) is 7.44. The Labute approximate surface area is 154 Å². The van der Waals surface area contributed by atoms with Gasteiger partial charge in [-0.2, -0.15) is 0 Å². The zero-order valence-electron chi connectivity index (χ0n) is 15.2. The molecule has 0 atom stereocenters. The highest BCUT2D eigenvalue weighted by Gasteiger charge is 2.23. The Hall–Kier alpha value is -2.21. The van der Waals surface area contributed by atoms with Gasteiger partial charge < -0.3 is 9.88 Å². The minimum absolute atomic E-state index is 0.0924. The topological polar surface area (TPSA) is 65.1 Å². The van der Waals surface area contributed by atoms with Gasteiger partial charge in [-0.3, -0.25) is 9.69 Å². The molecule has 2 aromatic rings. The number of piperazine rings is 1. The minimum atomic E-state index is 0.0924. The van der Waals surface area contributed by atoms with E-state index < -0.39 is 0 Å². The van der Waals surface area contributed by atoms with Crippen LogP contribution >= 0.6 is 0 Å². The molecule has 0 bridgehead atoms. The number of rotatable bonds is 4. The maximum absolute atomic E-state index is 12.4. The van der Waals surface area contributed by atoms with Gasteiger partial charge in [-0.05, 0) is 25.0 Å². The standard InChI is InChI=1S/C20H27N5O/c26-20(18-7-4-8-21-18)25-11-9-24(10-12-25)15-16-13-22-19(23-14-16)17-5-2-1-3-6-17/h4,7-8,13-14,17,21H,1-3,5-6,9-12,15H2. The summed E-state index contributed by atoms with van der Waals surface area (Å²) >= 11 is 0. The fourth-order valence-corrected chi connectivity index (χ4v) is 4.02. The smallest absolute Gasteiger partial charge is 0.270 e. The van der Waals surface area contributed by atoms with Crippen molar-refractivity contribution in [1.82, 2.24) is 24.8 Å². The lowest BCUT2D eigenvalue weighted by molar-refractivity contribution is 0.0623. The predicted molar refractivity (Wildman–Crippen MR) is 99.8 cm³/mol. The summed E-state index contributed by atoms with van der Waals surface area (Å²) in [5, 5.41) is 0. The number of hydrogen-bond acceptors (Lipinski definition) is 4. The molecule has 1 saturated heterocycles. The lowest BCUT2D eigenvalue weighted by Gasteiger charge is -2.34. The van der Waals surface area contributed by atoms with Gasteiger partial charge in [0, 0.05) is 62.8 Å². The molecule has 0 aromatic carbocycles. The molecule has 0 spiro atoms. The third-order valence-electron chi connectivity index (χ3n) is 5.59. The first-order chi connectivity index (χ1) is 12.8. The van der Waals surface area contributed by atoms with Crippen LogP contribution in [0.15, 0.2) is 30.7 Å². The van der Waals surface area contributed by atoms with E-state index in [1.807, 2.05) is 29.4 Å². The van der Waals surface area contributed by atoms with Gasteiger partial charge in [0.1, 0.15) is 11.5 Å². The molecule has 2 aromatic heterocycles. The van der Waals surface area contributed by atoms with Crippen LogP contribution in [0.5, 0.6) is 0 Å². The molecule has 6 heteroatoms. The van der Waals surface area contributed by atoms with Crippen molar-refractivity contribution in [2.24, 2.45) is 0 Å². The van der Waals surface area contributed by atoms with Crippen molar-refractivity contribution in [3.63, 3.8) is 0 Å². The highest BCUT2D eigenvalue weighted by atomic mass is 16.2. The maximum Gasteiger partial charge on any atom is 0.270 e. The van der Waals surface area contributed by atoms with Crippen LogP contribution in [-0.4, -0.2) is 56.8 Å². The van der Waals surface area contributed by atoms with Crippen LogP contribution in [-0.2, 0) is 6.54 Å². The maximum atomic E-state index is 12.4. The van der Waals surface area contributed by atoms with E-state index in [9.17, 15) is 4.79 Å². The van der Waals surface area contributed by atoms with Crippen LogP contribution in [0.25, 0.3) is 0 Å². The summed E-state index contributed by atoms with van der Waals surface area (Å²) in [5.41, 5.74) is 1.83. The van der Waals surface area contributed by atoms with E-state index >= 15 is 0 Å². The molecule has 2 aliphatic rings. The fraction of sp³-hybridized carbons (Fsp3) is 0.550. The van der Waals surface area contributed by atoms with Crippen molar-refractivity contribution in [1.29, 1.82) is 0 Å². The van der Waals surface area contributed by atoms with Crippen molar-refractivity contribution in [3.05, 3.63) is 47.8 Å². The van der Waals surface area contributed by atoms with Crippen LogP contribution in [0.4, 0.5) is 0 Å². The first-order valence-electron chi connectivity index (χ1n) is 9.75. The van der Waals surface area contributed by atoms with Gasteiger partial charge in [0.2, 0.25) is 0 Å². The molecule has 2 fully saturated rings. The van der Waals surface area contributed by atoms with E-state index in [2.05, 4.69) is 19.9 Å². The van der Waals surface area contributed by atoms with Crippen LogP contribution in [0.2, 0.25) is 0 Å². The van der Waals surface area contributed by atoms with Gasteiger partial charge in [0.25, 0.3) is 5.91 Å². The molecule has 0 unspecified atom stereocenters. The Morgan fingerprint density at radius 1 is 1.08 bits per heavy atom. The highest BCUT2D eigenvalue weighted by Crippen LogP contribution is 2.30. The van der Waals surface area contributed by atoms with Crippen molar-refractivity contribution in [2.45, 2.75) is 44.6 Å². The zero-order chi connectivity index (χ0) is 17.8. The second kappa shape index (κ2) is 7.99. The fourth-order valence-electron chi connectivity index (χ4n) is 4.02. The van der Waals surface area contributed by atoms with E-state index in [0.717, 1.165) is 44.1 Å². The third kappa shape index (κ3) is 3.96. The molecule has 0 radical (unpaired) electrons. The molecule has 3 heterocycles. The van der Waals surface area contributed by atoms with E-state index in [4.69, 9.17) is 0 Å². The highest BCUT2D eigenvalue weighted by molar-refractivity contribution is 5.92. The summed E-state index contributed by atoms with van der Waals surface area (Å²) in [6.45, 7) is 4.15. The Bertz CT molecular complexity index is 698. The van der Waals surface area contributed by atoms with Crippen LogP contribution in [0, 0.1) is 0 Å². The molecule has 1 N–H and O–H groups in total. The molecular weight excluding hydrogens is 326 g/mol. The summed E-state index contributed by atoms with van der Waals surface area (Å²) in [7, 11) is 0. The largest absolute Gasteiger partial charge is 0.357 e. The van der Waals surface area contributed by atoms with Crippen molar-refractivity contribution < 1.29 is 4.79 Å². The summed E-state index contributed by atoms with van der Waals surface area (Å²) in [5.74, 6) is 1.67. The number of carbonyl (C=O) groups is 1. The lowest BCUT2D eigenvalue weighted by atomic mass is 9.89. The summed E-state index contributed by atoms with van der Waals surface area (Å²) in [4.78, 5) is 28.9. The van der Waals surface area contributed by atoms with Gasteiger partial charge in [0.15, 0.2) is 0 Å². The Morgan fingerprint density at radius 2 is 1.81 bits per heavy atom. The minimum Gasteiger partial charge on any atom is -0.357 e. The SMILES string of the molecule is O=C(c1ccc[nH]1)N1CCN(Cc2cnc(C3CCCCC3)nc2)CC1. The summed E-state index contributed by atoms with van der Waals surface area (Å²) in [6, 6.07) is 3.69. The second-order valence-electron chi connectivity index (χ2n) is 7.44. The first kappa shape index (κ1) is 17.2. The molecule has 138 valence electrons. The van der Waals surface area contributed by atoms with Crippen molar-refractivity contribution in [2.75, 3.05) is 26.2 Å². The molecule has 4 rings (SSSR count). The Morgan fingerprint density at radius 3 is 2.46 bits per heavy atom. The number of nitrogens with zero attached hydrogens (tertiary/aromatic N) is 4. The van der Waals surface area contributed by atoms with E-state index in [-0.39, 0.29) is 5.91 Å². The molecule has 1 saturated carbocycles. The van der Waals surface area contributed by atoms with Crippen molar-refractivity contribution >= 4 is 5.91 Å². The summed E-state index contributed by atoms with van der Waals surface area (Å²) in [6.07, 6.45) is 12.2. The number of carbonyl (C=O) groups excluding carboxylic acids is 1. The van der Waals surface area contributed by atoms with Crippen LogP contribution in [0.3, 0.4) is 0 Å². The third-order valence-corrected chi connectivity index (χ3v) is 5.59. The number of nitrogens with one attached hydrogen (secondary N) is 1. The van der Waals surface area contributed by atoms with E-state index in [0.29, 0.717) is 11.6 Å². The quantitative estimate of drug-likeness (QED) is 0.918. The monoisotopic (exact) mass is 353 g/mol. The molecule has 1 aliphatic carbocycles. The normalized spacial score (nSPS) is 19.6. The van der Waals surface area contributed by atoms with Crippen molar-refractivity contribution in [3.8, 4) is 0 Å². The average molecular weight is 353 g/mol. The Kier molecular flexibility index (Phi) is 5.29. The van der Waals surface area contributed by atoms with Gasteiger partial charge >= 0.3 is 0 Å². The average Bonchev–Trinajstić information content (AvgIpc) is 3.24. The zero-order valence-corrected chi connectivity index (χ0v) is 15.2. The Balaban J connectivity index is 1.28.